The van der Waals surface area contributed by atoms with Crippen molar-refractivity contribution in [1.29, 1.82) is 0 Å². The Morgan fingerprint density at radius 2 is 2.05 bits per heavy atom. The highest BCUT2D eigenvalue weighted by atomic mass is 32.2. The van der Waals surface area contributed by atoms with Crippen molar-refractivity contribution >= 4 is 15.7 Å². The Bertz CT molecular complexity index is 567. The van der Waals surface area contributed by atoms with Gasteiger partial charge < -0.3 is 14.7 Å². The molecule has 0 unspecified atom stereocenters. The van der Waals surface area contributed by atoms with Gasteiger partial charge in [0.1, 0.15) is 21.3 Å². The Kier molecular flexibility index (Phi) is 4.77. The summed E-state index contributed by atoms with van der Waals surface area (Å²) >= 11 is 0. The molecule has 0 saturated carbocycles. The summed E-state index contributed by atoms with van der Waals surface area (Å²) in [5.41, 5.74) is 0.0790. The summed E-state index contributed by atoms with van der Waals surface area (Å²) in [6.07, 6.45) is 1.11. The molecular formula is C12H17NO5S. The Labute approximate surface area is 112 Å². The summed E-state index contributed by atoms with van der Waals surface area (Å²) in [5.74, 6) is -0.310. The molecule has 0 heterocycles. The third-order valence-electron chi connectivity index (χ3n) is 2.58. The van der Waals surface area contributed by atoms with Crippen LogP contribution in [0.3, 0.4) is 0 Å². The van der Waals surface area contributed by atoms with E-state index >= 15 is 0 Å². The number of methoxy groups -OCH3 is 1. The fourth-order valence-corrected chi connectivity index (χ4v) is 2.03. The lowest BCUT2D eigenvalue weighted by molar-refractivity contribution is 0.0800. The van der Waals surface area contributed by atoms with E-state index < -0.39 is 15.7 Å². The maximum atomic E-state index is 12.1. The predicted molar refractivity (Wildman–Crippen MR) is 71.3 cm³/mol. The summed E-state index contributed by atoms with van der Waals surface area (Å²) in [7, 11) is -0.208. The van der Waals surface area contributed by atoms with Crippen LogP contribution in [0.25, 0.3) is 0 Å². The number of phenolic OH excluding ortho intramolecular Hbond substituents is 1. The van der Waals surface area contributed by atoms with E-state index in [-0.39, 0.29) is 23.6 Å². The highest BCUT2D eigenvalue weighted by Crippen LogP contribution is 2.23. The average molecular weight is 287 g/mol. The average Bonchev–Trinajstić information content (AvgIpc) is 2.35. The number of sulfone groups is 1. The van der Waals surface area contributed by atoms with Gasteiger partial charge in [-0.15, -0.1) is 0 Å². The Hall–Kier alpha value is -1.76. The first-order valence-corrected chi connectivity index (χ1v) is 7.61. The fourth-order valence-electron chi connectivity index (χ4n) is 1.42. The van der Waals surface area contributed by atoms with Gasteiger partial charge in [-0.2, -0.15) is 0 Å². The maximum Gasteiger partial charge on any atom is 0.257 e. The molecule has 0 aliphatic heterocycles. The largest absolute Gasteiger partial charge is 0.507 e. The van der Waals surface area contributed by atoms with E-state index in [1.165, 1.54) is 37.3 Å². The molecule has 1 aromatic carbocycles. The van der Waals surface area contributed by atoms with Crippen LogP contribution in [0.5, 0.6) is 11.5 Å². The van der Waals surface area contributed by atoms with E-state index in [9.17, 15) is 18.3 Å². The number of ether oxygens (including phenoxy) is 1. The van der Waals surface area contributed by atoms with Crippen molar-refractivity contribution in [1.82, 2.24) is 4.90 Å². The van der Waals surface area contributed by atoms with Crippen LogP contribution >= 0.6 is 0 Å². The first-order valence-electron chi connectivity index (χ1n) is 5.55. The molecule has 1 aromatic rings. The second-order valence-electron chi connectivity index (χ2n) is 4.24. The number of phenols is 1. The third kappa shape index (κ3) is 4.44. The van der Waals surface area contributed by atoms with Crippen molar-refractivity contribution in [2.45, 2.75) is 0 Å². The van der Waals surface area contributed by atoms with Crippen molar-refractivity contribution in [3.63, 3.8) is 0 Å². The first-order chi connectivity index (χ1) is 8.74. The molecule has 0 fully saturated rings. The predicted octanol–water partition coefficient (Wildman–Crippen LogP) is 0.517. The topological polar surface area (TPSA) is 83.9 Å². The number of benzene rings is 1. The summed E-state index contributed by atoms with van der Waals surface area (Å²) in [6, 6.07) is 4.30. The standard InChI is InChI=1S/C12H17NO5S/c1-13(6-7-19(3,16)17)12(15)10-8-9(18-2)4-5-11(10)14/h4-5,8,14H,6-7H2,1-3H3. The summed E-state index contributed by atoms with van der Waals surface area (Å²) in [4.78, 5) is 13.3. The van der Waals surface area contributed by atoms with E-state index in [0.29, 0.717) is 5.75 Å². The Balaban J connectivity index is 2.87. The number of carbonyl (C=O) groups is 1. The third-order valence-corrected chi connectivity index (χ3v) is 3.50. The molecule has 0 bridgehead atoms. The van der Waals surface area contributed by atoms with Gasteiger partial charge in [0.2, 0.25) is 0 Å². The highest BCUT2D eigenvalue weighted by molar-refractivity contribution is 7.90. The minimum absolute atomic E-state index is 0.0638. The van der Waals surface area contributed by atoms with E-state index in [0.717, 1.165) is 6.26 Å². The van der Waals surface area contributed by atoms with Crippen LogP contribution < -0.4 is 4.74 Å². The lowest BCUT2D eigenvalue weighted by Crippen LogP contribution is -2.31. The number of nitrogens with zero attached hydrogens (tertiary/aromatic N) is 1. The zero-order valence-corrected chi connectivity index (χ0v) is 11.9. The molecule has 106 valence electrons. The molecular weight excluding hydrogens is 270 g/mol. The number of hydrogen-bond acceptors (Lipinski definition) is 5. The molecule has 19 heavy (non-hydrogen) atoms. The van der Waals surface area contributed by atoms with E-state index in [1.807, 2.05) is 0 Å². The number of amides is 1. The van der Waals surface area contributed by atoms with Crippen molar-refractivity contribution in [2.24, 2.45) is 0 Å². The zero-order chi connectivity index (χ0) is 14.6. The SMILES string of the molecule is COc1ccc(O)c(C(=O)N(C)CCS(C)(=O)=O)c1. The van der Waals surface area contributed by atoms with Crippen LogP contribution in [-0.4, -0.2) is 57.0 Å². The Morgan fingerprint density at radius 1 is 1.42 bits per heavy atom. The van der Waals surface area contributed by atoms with Gasteiger partial charge in [0, 0.05) is 19.8 Å². The molecule has 0 aliphatic carbocycles. The second kappa shape index (κ2) is 5.92. The summed E-state index contributed by atoms with van der Waals surface area (Å²) in [6.45, 7) is 0.0638. The van der Waals surface area contributed by atoms with Crippen LogP contribution in [0.4, 0.5) is 0 Å². The molecule has 7 heteroatoms. The summed E-state index contributed by atoms with van der Waals surface area (Å²) < 4.78 is 27.1. The van der Waals surface area contributed by atoms with Gasteiger partial charge in [-0.3, -0.25) is 4.79 Å². The smallest absolute Gasteiger partial charge is 0.257 e. The van der Waals surface area contributed by atoms with Crippen molar-refractivity contribution < 1.29 is 23.1 Å². The molecule has 1 N–H and O–H groups in total. The van der Waals surface area contributed by atoms with Crippen LogP contribution in [-0.2, 0) is 9.84 Å². The van der Waals surface area contributed by atoms with Gasteiger partial charge in [0.15, 0.2) is 0 Å². The minimum atomic E-state index is -3.14. The zero-order valence-electron chi connectivity index (χ0n) is 11.1. The van der Waals surface area contributed by atoms with Crippen molar-refractivity contribution in [3.05, 3.63) is 23.8 Å². The van der Waals surface area contributed by atoms with E-state index in [1.54, 1.807) is 0 Å². The number of carbonyl (C=O) groups excluding carboxylic acids is 1. The normalized spacial score (nSPS) is 11.1. The molecule has 1 amide bonds. The molecule has 0 aliphatic rings. The lowest BCUT2D eigenvalue weighted by Gasteiger charge is -2.17. The maximum absolute atomic E-state index is 12.1. The van der Waals surface area contributed by atoms with Crippen LogP contribution in [0.1, 0.15) is 10.4 Å². The molecule has 0 aromatic heterocycles. The Morgan fingerprint density at radius 3 is 2.58 bits per heavy atom. The fraction of sp³-hybridized carbons (Fsp3) is 0.417. The number of aromatic hydroxyl groups is 1. The molecule has 0 radical (unpaired) electrons. The van der Waals surface area contributed by atoms with Crippen LogP contribution in [0.15, 0.2) is 18.2 Å². The number of rotatable bonds is 5. The van der Waals surface area contributed by atoms with E-state index in [2.05, 4.69) is 0 Å². The van der Waals surface area contributed by atoms with Gasteiger partial charge in [0.25, 0.3) is 5.91 Å². The van der Waals surface area contributed by atoms with Gasteiger partial charge in [-0.25, -0.2) is 8.42 Å². The van der Waals surface area contributed by atoms with Gasteiger partial charge in [-0.05, 0) is 18.2 Å². The molecule has 0 spiro atoms. The number of hydrogen-bond donors (Lipinski definition) is 1. The second-order valence-corrected chi connectivity index (χ2v) is 6.50. The molecule has 0 atom stereocenters. The van der Waals surface area contributed by atoms with Gasteiger partial charge >= 0.3 is 0 Å². The molecule has 1 rings (SSSR count). The van der Waals surface area contributed by atoms with Crippen molar-refractivity contribution in [3.8, 4) is 11.5 Å². The monoisotopic (exact) mass is 287 g/mol. The van der Waals surface area contributed by atoms with Crippen LogP contribution in [0.2, 0.25) is 0 Å². The van der Waals surface area contributed by atoms with Crippen LogP contribution in [0, 0.1) is 0 Å². The van der Waals surface area contributed by atoms with E-state index in [4.69, 9.17) is 4.74 Å². The molecule has 0 saturated heterocycles. The molecule has 6 nitrogen and oxygen atoms in total. The first kappa shape index (κ1) is 15.3. The highest BCUT2D eigenvalue weighted by Gasteiger charge is 2.17. The van der Waals surface area contributed by atoms with Crippen molar-refractivity contribution in [2.75, 3.05) is 32.7 Å². The quantitative estimate of drug-likeness (QED) is 0.853. The summed E-state index contributed by atoms with van der Waals surface area (Å²) in [5, 5.41) is 9.66. The minimum Gasteiger partial charge on any atom is -0.507 e. The van der Waals surface area contributed by atoms with Gasteiger partial charge in [-0.1, -0.05) is 0 Å². The van der Waals surface area contributed by atoms with Gasteiger partial charge in [0.05, 0.1) is 18.4 Å². The lowest BCUT2D eigenvalue weighted by atomic mass is 10.1.